The second-order valence-electron chi connectivity index (χ2n) is 4.03. The molecule has 2 aliphatic rings. The normalized spacial score (nSPS) is 39.5. The van der Waals surface area contributed by atoms with E-state index in [1.807, 2.05) is 0 Å². The molecule has 2 nitrogen and oxygen atoms in total. The third-order valence-corrected chi connectivity index (χ3v) is 3.07. The molecule has 2 unspecified atom stereocenters. The van der Waals surface area contributed by atoms with Gasteiger partial charge < -0.3 is 5.11 Å². The van der Waals surface area contributed by atoms with Crippen molar-refractivity contribution < 1.29 is 9.90 Å². The van der Waals surface area contributed by atoms with E-state index in [9.17, 15) is 4.79 Å². The third-order valence-electron chi connectivity index (χ3n) is 3.07. The Hall–Kier alpha value is -0.790. The lowest BCUT2D eigenvalue weighted by Gasteiger charge is -2.33. The van der Waals surface area contributed by atoms with E-state index < -0.39 is 5.97 Å². The van der Waals surface area contributed by atoms with Crippen molar-refractivity contribution in [1.82, 2.24) is 0 Å². The number of hydrogen-bond donors (Lipinski definition) is 1. The quantitative estimate of drug-likeness (QED) is 0.605. The summed E-state index contributed by atoms with van der Waals surface area (Å²) in [4.78, 5) is 10.8. The van der Waals surface area contributed by atoms with Gasteiger partial charge in [0.05, 0.1) is 5.92 Å². The molecule has 2 bridgehead atoms. The Balaban J connectivity index is 2.07. The Labute approximate surface area is 72.3 Å². The topological polar surface area (TPSA) is 37.3 Å². The summed E-state index contributed by atoms with van der Waals surface area (Å²) in [5, 5.41) is 8.87. The first-order valence-corrected chi connectivity index (χ1v) is 4.65. The van der Waals surface area contributed by atoms with Crippen LogP contribution in [0.2, 0.25) is 0 Å². The predicted octanol–water partition coefficient (Wildman–Crippen LogP) is 2.06. The van der Waals surface area contributed by atoms with Gasteiger partial charge in [0, 0.05) is 0 Å². The first-order chi connectivity index (χ1) is 5.75. The molecule has 2 aliphatic carbocycles. The van der Waals surface area contributed by atoms with E-state index in [4.69, 9.17) is 5.11 Å². The van der Waals surface area contributed by atoms with Gasteiger partial charge >= 0.3 is 5.97 Å². The van der Waals surface area contributed by atoms with Gasteiger partial charge in [-0.25, -0.2) is 0 Å². The van der Waals surface area contributed by atoms with Gasteiger partial charge in [-0.1, -0.05) is 12.2 Å². The van der Waals surface area contributed by atoms with Crippen LogP contribution >= 0.6 is 0 Å². The van der Waals surface area contributed by atoms with Gasteiger partial charge in [0.2, 0.25) is 0 Å². The molecular weight excluding hydrogens is 152 g/mol. The van der Waals surface area contributed by atoms with Gasteiger partial charge in [-0.05, 0) is 37.5 Å². The summed E-state index contributed by atoms with van der Waals surface area (Å²) < 4.78 is 0. The van der Waals surface area contributed by atoms with Crippen molar-refractivity contribution in [3.05, 3.63) is 12.2 Å². The van der Waals surface area contributed by atoms with E-state index in [1.54, 1.807) is 0 Å². The van der Waals surface area contributed by atoms with Gasteiger partial charge in [-0.2, -0.15) is 0 Å². The van der Waals surface area contributed by atoms with E-state index in [-0.39, 0.29) is 5.92 Å². The van der Waals surface area contributed by atoms with Crippen molar-refractivity contribution >= 4 is 5.97 Å². The van der Waals surface area contributed by atoms with Gasteiger partial charge in [0.15, 0.2) is 0 Å². The van der Waals surface area contributed by atoms with Crippen molar-refractivity contribution in [2.45, 2.75) is 25.7 Å². The number of rotatable bonds is 1. The average molecular weight is 166 g/mol. The van der Waals surface area contributed by atoms with Crippen molar-refractivity contribution in [3.63, 3.8) is 0 Å². The number of hydrogen-bond acceptors (Lipinski definition) is 1. The highest BCUT2D eigenvalue weighted by Crippen LogP contribution is 2.39. The molecule has 12 heavy (non-hydrogen) atoms. The zero-order valence-corrected chi connectivity index (χ0v) is 7.07. The number of carboxylic acids is 1. The molecule has 0 heterocycles. The summed E-state index contributed by atoms with van der Waals surface area (Å²) in [6.07, 6.45) is 8.50. The summed E-state index contributed by atoms with van der Waals surface area (Å²) in [5.74, 6) is 0.534. The fraction of sp³-hybridized carbons (Fsp3) is 0.700. The second-order valence-corrected chi connectivity index (χ2v) is 4.03. The van der Waals surface area contributed by atoms with Crippen LogP contribution in [-0.4, -0.2) is 11.1 Å². The Morgan fingerprint density at radius 2 is 2.17 bits per heavy atom. The Bertz CT molecular complexity index is 220. The highest BCUT2D eigenvalue weighted by molar-refractivity contribution is 5.70. The molecule has 1 saturated carbocycles. The van der Waals surface area contributed by atoms with Crippen molar-refractivity contribution in [3.8, 4) is 0 Å². The molecule has 1 N–H and O–H groups in total. The highest BCUT2D eigenvalue weighted by atomic mass is 16.4. The van der Waals surface area contributed by atoms with Crippen LogP contribution in [0.1, 0.15) is 25.7 Å². The molecule has 0 saturated heterocycles. The van der Waals surface area contributed by atoms with Crippen LogP contribution in [-0.2, 0) is 4.79 Å². The van der Waals surface area contributed by atoms with Crippen LogP contribution in [0.25, 0.3) is 0 Å². The minimum absolute atomic E-state index is 0.0706. The van der Waals surface area contributed by atoms with E-state index >= 15 is 0 Å². The molecule has 66 valence electrons. The van der Waals surface area contributed by atoms with Crippen molar-refractivity contribution in [1.29, 1.82) is 0 Å². The zero-order chi connectivity index (χ0) is 8.55. The summed E-state index contributed by atoms with van der Waals surface area (Å²) in [7, 11) is 0. The van der Waals surface area contributed by atoms with Crippen LogP contribution in [0.15, 0.2) is 12.2 Å². The minimum atomic E-state index is -0.597. The monoisotopic (exact) mass is 166 g/mol. The van der Waals surface area contributed by atoms with Crippen LogP contribution in [0.4, 0.5) is 0 Å². The Kier molecular flexibility index (Phi) is 1.91. The SMILES string of the molecule is O=C(O)[C@@H]1CC2C=CCC(C2)C1. The van der Waals surface area contributed by atoms with E-state index in [0.29, 0.717) is 11.8 Å². The van der Waals surface area contributed by atoms with Crippen molar-refractivity contribution in [2.75, 3.05) is 0 Å². The number of carboxylic acid groups (broad SMARTS) is 1. The first kappa shape index (κ1) is 7.84. The number of allylic oxidation sites excluding steroid dienone is 2. The molecule has 0 radical (unpaired) electrons. The van der Waals surface area contributed by atoms with Crippen LogP contribution in [0, 0.1) is 17.8 Å². The van der Waals surface area contributed by atoms with Crippen molar-refractivity contribution in [2.24, 2.45) is 17.8 Å². The molecule has 0 amide bonds. The fourth-order valence-corrected chi connectivity index (χ4v) is 2.50. The van der Waals surface area contributed by atoms with Crippen LogP contribution < -0.4 is 0 Å². The lowest BCUT2D eigenvalue weighted by molar-refractivity contribution is -0.143. The summed E-state index contributed by atoms with van der Waals surface area (Å²) in [5.41, 5.74) is 0. The maximum atomic E-state index is 10.8. The van der Waals surface area contributed by atoms with E-state index in [0.717, 1.165) is 19.3 Å². The molecule has 2 rings (SSSR count). The number of fused-ring (bicyclic) bond motifs is 2. The summed E-state index contributed by atoms with van der Waals surface area (Å²) in [6.45, 7) is 0. The maximum absolute atomic E-state index is 10.8. The molecule has 1 fully saturated rings. The Morgan fingerprint density at radius 3 is 2.83 bits per heavy atom. The van der Waals surface area contributed by atoms with Gasteiger partial charge in [-0.3, -0.25) is 4.79 Å². The predicted molar refractivity (Wildman–Crippen MR) is 45.7 cm³/mol. The maximum Gasteiger partial charge on any atom is 0.306 e. The second kappa shape index (κ2) is 2.92. The molecule has 0 spiro atoms. The molecule has 3 atom stereocenters. The summed E-state index contributed by atoms with van der Waals surface area (Å²) >= 11 is 0. The average Bonchev–Trinajstić information content (AvgIpc) is 2.03. The zero-order valence-electron chi connectivity index (χ0n) is 7.07. The van der Waals surface area contributed by atoms with Crippen LogP contribution in [0.3, 0.4) is 0 Å². The van der Waals surface area contributed by atoms with E-state index in [1.165, 1.54) is 6.42 Å². The summed E-state index contributed by atoms with van der Waals surface area (Å²) in [6, 6.07) is 0. The molecule has 0 aromatic rings. The van der Waals surface area contributed by atoms with Gasteiger partial charge in [0.1, 0.15) is 0 Å². The number of aliphatic carboxylic acids is 1. The van der Waals surface area contributed by atoms with E-state index in [2.05, 4.69) is 12.2 Å². The van der Waals surface area contributed by atoms with Gasteiger partial charge in [0.25, 0.3) is 0 Å². The standard InChI is InChI=1S/C10H14O2/c11-10(12)9-5-7-2-1-3-8(4-7)6-9/h1-2,7-9H,3-6H2,(H,11,12)/t7?,8?,9-/m1/s1. The lowest BCUT2D eigenvalue weighted by Crippen LogP contribution is -2.28. The van der Waals surface area contributed by atoms with Gasteiger partial charge in [-0.15, -0.1) is 0 Å². The molecular formula is C10H14O2. The Morgan fingerprint density at radius 1 is 1.33 bits per heavy atom. The smallest absolute Gasteiger partial charge is 0.306 e. The molecule has 0 aliphatic heterocycles. The van der Waals surface area contributed by atoms with Crippen LogP contribution in [0.5, 0.6) is 0 Å². The molecule has 0 aromatic carbocycles. The minimum Gasteiger partial charge on any atom is -0.481 e. The number of carbonyl (C=O) groups is 1. The first-order valence-electron chi connectivity index (χ1n) is 4.65. The third kappa shape index (κ3) is 1.38. The fourth-order valence-electron chi connectivity index (χ4n) is 2.50. The molecule has 0 aromatic heterocycles. The molecule has 2 heteroatoms. The highest BCUT2D eigenvalue weighted by Gasteiger charge is 2.32. The lowest BCUT2D eigenvalue weighted by atomic mass is 9.71. The largest absolute Gasteiger partial charge is 0.481 e.